The summed E-state index contributed by atoms with van der Waals surface area (Å²) in [7, 11) is 0. The van der Waals surface area contributed by atoms with Crippen molar-refractivity contribution in [3.05, 3.63) is 144 Å². The summed E-state index contributed by atoms with van der Waals surface area (Å²) >= 11 is 0. The molecule has 0 aliphatic rings. The summed E-state index contributed by atoms with van der Waals surface area (Å²) in [4.78, 5) is 4.69. The van der Waals surface area contributed by atoms with Gasteiger partial charge in [0, 0.05) is 34.1 Å². The van der Waals surface area contributed by atoms with Gasteiger partial charge in [-0.15, -0.1) is 0 Å². The molecule has 2 heteroatoms. The lowest BCUT2D eigenvalue weighted by Crippen LogP contribution is -2.12. The van der Waals surface area contributed by atoms with Gasteiger partial charge in [0.1, 0.15) is 0 Å². The van der Waals surface area contributed by atoms with Gasteiger partial charge in [0.05, 0.1) is 0 Å². The summed E-state index contributed by atoms with van der Waals surface area (Å²) in [6, 6.07) is 44.7. The first-order chi connectivity index (χ1) is 20.1. The highest BCUT2D eigenvalue weighted by Gasteiger charge is 2.16. The summed E-state index contributed by atoms with van der Waals surface area (Å²) in [6.45, 7) is 8.76. The van der Waals surface area contributed by atoms with Crippen molar-refractivity contribution in [1.29, 1.82) is 0 Å². The Morgan fingerprint density at radius 3 is 0.976 bits per heavy atom. The first kappa shape index (κ1) is 28.2. The molecule has 5 aromatic carbocycles. The maximum Gasteiger partial charge on any atom is 0.0463 e. The second-order valence-electron chi connectivity index (χ2n) is 11.0. The molecule has 0 spiro atoms. The molecule has 208 valence electrons. The number of benzene rings is 5. The predicted molar refractivity (Wildman–Crippen MR) is 178 cm³/mol. The Bertz CT molecular complexity index is 1500. The minimum atomic E-state index is 1.11. The van der Waals surface area contributed by atoms with Gasteiger partial charge in [-0.2, -0.15) is 0 Å². The molecule has 0 atom stereocenters. The van der Waals surface area contributed by atoms with Crippen molar-refractivity contribution in [3.63, 3.8) is 0 Å². The molecule has 0 bridgehead atoms. The van der Waals surface area contributed by atoms with E-state index in [9.17, 15) is 0 Å². The minimum Gasteiger partial charge on any atom is -0.311 e. The number of hydrogen-bond donors (Lipinski definition) is 0. The average Bonchev–Trinajstić information content (AvgIpc) is 3.01. The van der Waals surface area contributed by atoms with Gasteiger partial charge >= 0.3 is 0 Å². The van der Waals surface area contributed by atoms with Gasteiger partial charge in [0.25, 0.3) is 0 Å². The number of unbranched alkanes of at least 4 members (excludes halogenated alkanes) is 1. The van der Waals surface area contributed by atoms with Crippen molar-refractivity contribution in [2.45, 2.75) is 59.8 Å². The van der Waals surface area contributed by atoms with Gasteiger partial charge in [-0.1, -0.05) is 86.3 Å². The zero-order valence-electron chi connectivity index (χ0n) is 25.0. The Morgan fingerprint density at radius 1 is 0.366 bits per heavy atom. The van der Waals surface area contributed by atoms with Crippen molar-refractivity contribution >= 4 is 34.1 Å². The second-order valence-corrected chi connectivity index (χ2v) is 11.0. The molecule has 5 rings (SSSR count). The average molecular weight is 539 g/mol. The quantitative estimate of drug-likeness (QED) is 0.165. The van der Waals surface area contributed by atoms with Crippen molar-refractivity contribution in [2.24, 2.45) is 0 Å². The van der Waals surface area contributed by atoms with Crippen LogP contribution in [0.5, 0.6) is 0 Å². The molecule has 41 heavy (non-hydrogen) atoms. The molecule has 0 aromatic heterocycles. The van der Waals surface area contributed by atoms with Crippen LogP contribution in [0.1, 0.15) is 55.4 Å². The normalized spacial score (nSPS) is 10.9. The Morgan fingerprint density at radius 2 is 0.659 bits per heavy atom. The van der Waals surface area contributed by atoms with Crippen LogP contribution in [0.2, 0.25) is 0 Å². The Balaban J connectivity index is 1.52. The Kier molecular flexibility index (Phi) is 9.21. The SMILES string of the molecule is CCCCc1ccc(N(c2ccc(C)cc2)c2ccc(N(c3ccc(C)cc3)c3ccc(CCC)cc3)cc2)cc1. The molecule has 2 nitrogen and oxygen atoms in total. The molecule has 0 fully saturated rings. The van der Waals surface area contributed by atoms with Gasteiger partial charge in [-0.05, 0) is 117 Å². The predicted octanol–water partition coefficient (Wildman–Crippen LogP) is 11.5. The van der Waals surface area contributed by atoms with Crippen molar-refractivity contribution in [1.82, 2.24) is 0 Å². The lowest BCUT2D eigenvalue weighted by atomic mass is 10.1. The highest BCUT2D eigenvalue weighted by atomic mass is 15.2. The van der Waals surface area contributed by atoms with Gasteiger partial charge in [0.15, 0.2) is 0 Å². The second kappa shape index (κ2) is 13.4. The molecule has 5 aromatic rings. The van der Waals surface area contributed by atoms with Crippen LogP contribution in [-0.2, 0) is 12.8 Å². The fourth-order valence-electron chi connectivity index (χ4n) is 5.33. The molecular formula is C39H42N2. The van der Waals surface area contributed by atoms with E-state index in [1.807, 2.05) is 0 Å². The third-order valence-electron chi connectivity index (χ3n) is 7.70. The topological polar surface area (TPSA) is 6.48 Å². The van der Waals surface area contributed by atoms with E-state index in [-0.39, 0.29) is 0 Å². The molecule has 0 aliphatic heterocycles. The molecule has 0 saturated carbocycles. The summed E-state index contributed by atoms with van der Waals surface area (Å²) in [6.07, 6.45) is 5.83. The van der Waals surface area contributed by atoms with Crippen LogP contribution in [0.4, 0.5) is 34.1 Å². The first-order valence-electron chi connectivity index (χ1n) is 15.1. The summed E-state index contributed by atoms with van der Waals surface area (Å²) in [5.74, 6) is 0. The van der Waals surface area contributed by atoms with Crippen LogP contribution in [0.15, 0.2) is 121 Å². The number of hydrogen-bond acceptors (Lipinski definition) is 2. The van der Waals surface area contributed by atoms with Crippen LogP contribution < -0.4 is 9.80 Å². The molecule has 0 N–H and O–H groups in total. The van der Waals surface area contributed by atoms with Crippen LogP contribution in [0.3, 0.4) is 0 Å². The number of anilines is 6. The number of nitrogens with zero attached hydrogens (tertiary/aromatic N) is 2. The summed E-state index contributed by atoms with van der Waals surface area (Å²) in [5, 5.41) is 0. The van der Waals surface area contributed by atoms with Gasteiger partial charge in [0.2, 0.25) is 0 Å². The van der Waals surface area contributed by atoms with E-state index in [1.165, 1.54) is 46.5 Å². The highest BCUT2D eigenvalue weighted by Crippen LogP contribution is 2.39. The fourth-order valence-corrected chi connectivity index (χ4v) is 5.33. The third kappa shape index (κ3) is 6.89. The van der Waals surface area contributed by atoms with Crippen molar-refractivity contribution in [3.8, 4) is 0 Å². The lowest BCUT2D eigenvalue weighted by molar-refractivity contribution is 0.795. The summed E-state index contributed by atoms with van der Waals surface area (Å²) < 4.78 is 0. The lowest BCUT2D eigenvalue weighted by Gasteiger charge is -2.28. The van der Waals surface area contributed by atoms with E-state index >= 15 is 0 Å². The zero-order valence-corrected chi connectivity index (χ0v) is 25.0. The monoisotopic (exact) mass is 538 g/mol. The molecule has 0 heterocycles. The van der Waals surface area contributed by atoms with E-state index in [2.05, 4.69) is 159 Å². The third-order valence-corrected chi connectivity index (χ3v) is 7.70. The van der Waals surface area contributed by atoms with Gasteiger partial charge < -0.3 is 9.80 Å². The van der Waals surface area contributed by atoms with E-state index in [0.29, 0.717) is 0 Å². The smallest absolute Gasteiger partial charge is 0.0463 e. The van der Waals surface area contributed by atoms with Crippen LogP contribution >= 0.6 is 0 Å². The van der Waals surface area contributed by atoms with E-state index < -0.39 is 0 Å². The molecular weight excluding hydrogens is 496 g/mol. The summed E-state index contributed by atoms with van der Waals surface area (Å²) in [5.41, 5.74) is 12.2. The molecule has 0 radical (unpaired) electrons. The highest BCUT2D eigenvalue weighted by molar-refractivity contribution is 5.81. The van der Waals surface area contributed by atoms with Crippen LogP contribution in [-0.4, -0.2) is 0 Å². The first-order valence-corrected chi connectivity index (χ1v) is 15.1. The molecule has 0 aliphatic carbocycles. The van der Waals surface area contributed by atoms with Crippen molar-refractivity contribution in [2.75, 3.05) is 9.80 Å². The molecule has 0 unspecified atom stereocenters. The van der Waals surface area contributed by atoms with Crippen molar-refractivity contribution < 1.29 is 0 Å². The fraction of sp³-hybridized carbons (Fsp3) is 0.231. The van der Waals surface area contributed by atoms with Crippen LogP contribution in [0.25, 0.3) is 0 Å². The van der Waals surface area contributed by atoms with E-state index in [1.54, 1.807) is 0 Å². The maximum atomic E-state index is 2.35. The van der Waals surface area contributed by atoms with E-state index in [0.717, 1.165) is 42.0 Å². The molecule has 0 saturated heterocycles. The molecule has 0 amide bonds. The zero-order chi connectivity index (χ0) is 28.6. The van der Waals surface area contributed by atoms with Gasteiger partial charge in [-0.3, -0.25) is 0 Å². The largest absolute Gasteiger partial charge is 0.311 e. The Hall–Kier alpha value is -4.30. The number of rotatable bonds is 11. The Labute approximate surface area is 246 Å². The number of aryl methyl sites for hydroxylation is 4. The minimum absolute atomic E-state index is 1.11. The standard InChI is InChI=1S/C39H42N2/c1-5-7-9-33-16-24-37(25-17-33)41(35-20-12-31(4)13-21-35)39-28-26-38(27-29-39)40(34-18-10-30(3)11-19-34)36-22-14-32(8-6-2)15-23-36/h10-29H,5-9H2,1-4H3. The maximum absolute atomic E-state index is 2.35. The van der Waals surface area contributed by atoms with Crippen LogP contribution in [0, 0.1) is 13.8 Å². The van der Waals surface area contributed by atoms with E-state index in [4.69, 9.17) is 0 Å². The van der Waals surface area contributed by atoms with Gasteiger partial charge in [-0.25, -0.2) is 0 Å².